The Bertz CT molecular complexity index is 2000. The van der Waals surface area contributed by atoms with Gasteiger partial charge < -0.3 is 94.1 Å². The van der Waals surface area contributed by atoms with Gasteiger partial charge in [0.05, 0.1) is 121 Å². The largest absolute Gasteiger partial charge is 0.513 e. The minimum absolute atomic E-state index is 0. The van der Waals surface area contributed by atoms with Gasteiger partial charge in [0.2, 0.25) is 0 Å². The number of carboxylic acid groups (broad SMARTS) is 3. The number of benzene rings is 2. The number of thioether (sulfide) groups is 2. The maximum Gasteiger partial charge on any atom is 0.513 e. The lowest BCUT2D eigenvalue weighted by molar-refractivity contribution is -0.384. The number of hydrogen-bond acceptors (Lipinski definition) is 28. The van der Waals surface area contributed by atoms with Gasteiger partial charge >= 0.3 is 30.2 Å². The van der Waals surface area contributed by atoms with Crippen LogP contribution in [0.25, 0.3) is 0 Å². The number of aliphatic carboxylic acids is 3. The van der Waals surface area contributed by atoms with E-state index in [1.54, 1.807) is 59.4 Å². The first-order chi connectivity index (χ1) is 38.8. The minimum Gasteiger partial charge on any atom is -0.481 e. The van der Waals surface area contributed by atoms with Crippen molar-refractivity contribution in [2.45, 2.75) is 30.3 Å². The molecule has 0 fully saturated rings. The zero-order valence-corrected chi connectivity index (χ0v) is 50.5. The average molecular weight is 1260 g/mol. The fourth-order valence-corrected chi connectivity index (χ4v) is 6.94. The van der Waals surface area contributed by atoms with Gasteiger partial charge in [-0.1, -0.05) is 17.7 Å². The SMILES string of the molecule is COCCOCCOC(=O)NC(CSCOCCOC)C(=O)O.COCCOCCOC(=O)Oc1ccc([N+](=O)[O-])cc1.COCCOCCOS(=O)(=O)c1ccc(C)cc1.COCCOCCSCCC(=O)O.N.NC(CS)C(=O)O. The molecule has 2 rings (SSSR count). The van der Waals surface area contributed by atoms with E-state index >= 15 is 0 Å². The van der Waals surface area contributed by atoms with E-state index in [0.29, 0.717) is 84.4 Å². The molecule has 2 atom stereocenters. The van der Waals surface area contributed by atoms with E-state index < -0.39 is 57.3 Å². The van der Waals surface area contributed by atoms with E-state index in [9.17, 15) is 42.5 Å². The topological polar surface area (TPSA) is 426 Å². The Labute approximate surface area is 492 Å². The Kier molecular flexibility index (Phi) is 60.7. The van der Waals surface area contributed by atoms with Crippen molar-refractivity contribution < 1.29 is 118 Å². The molecule has 0 aliphatic carbocycles. The maximum absolute atomic E-state index is 11.7. The number of nitrogens with zero attached hydrogens (tertiary/aromatic N) is 1. The highest BCUT2D eigenvalue weighted by molar-refractivity contribution is 7.99. The fraction of sp³-hybridized carbons (Fsp3) is 0.646. The number of non-ortho nitro benzene ring substituents is 1. The molecule has 0 heterocycles. The van der Waals surface area contributed by atoms with E-state index in [4.69, 9.17) is 86.8 Å². The van der Waals surface area contributed by atoms with E-state index in [2.05, 4.69) is 17.9 Å². The van der Waals surface area contributed by atoms with Crippen LogP contribution in [0, 0.1) is 17.0 Å². The molecule has 0 aliphatic heterocycles. The lowest BCUT2D eigenvalue weighted by Gasteiger charge is -2.14. The predicted molar refractivity (Wildman–Crippen MR) is 305 cm³/mol. The summed E-state index contributed by atoms with van der Waals surface area (Å²) in [6.45, 7) is 8.06. The quantitative estimate of drug-likeness (QED) is 0.00728. The number of nitro benzene ring substituents is 1. The summed E-state index contributed by atoms with van der Waals surface area (Å²) in [6, 6.07) is 9.73. The molecular formula is C48H84N4O26S4. The van der Waals surface area contributed by atoms with Crippen LogP contribution >= 0.6 is 36.2 Å². The maximum atomic E-state index is 11.7. The number of amides is 1. The Balaban J connectivity index is -0.000000480. The van der Waals surface area contributed by atoms with Crippen LogP contribution in [0.1, 0.15) is 12.0 Å². The van der Waals surface area contributed by atoms with Crippen molar-refractivity contribution in [3.8, 4) is 5.75 Å². The van der Waals surface area contributed by atoms with Gasteiger partial charge in [-0.05, 0) is 31.2 Å². The van der Waals surface area contributed by atoms with Gasteiger partial charge in [0.15, 0.2) is 0 Å². The van der Waals surface area contributed by atoms with Gasteiger partial charge in [0.1, 0.15) is 31.0 Å². The van der Waals surface area contributed by atoms with Gasteiger partial charge in [-0.15, -0.1) is 11.8 Å². The molecule has 0 aliphatic rings. The molecule has 2 unspecified atom stereocenters. The molecule has 0 bridgehead atoms. The van der Waals surface area contributed by atoms with Crippen LogP contribution in [0.5, 0.6) is 5.75 Å². The van der Waals surface area contributed by atoms with Crippen molar-refractivity contribution in [2.75, 3.05) is 177 Å². The summed E-state index contributed by atoms with van der Waals surface area (Å²) >= 11 is 6.49. The van der Waals surface area contributed by atoms with Crippen molar-refractivity contribution in [1.82, 2.24) is 11.5 Å². The number of ether oxygens (including phenoxy) is 13. The molecule has 0 aromatic heterocycles. The Hall–Kier alpha value is -4.73. The average Bonchev–Trinajstić information content (AvgIpc) is 3.43. The first-order valence-electron chi connectivity index (χ1n) is 24.3. The first-order valence-corrected chi connectivity index (χ1v) is 28.6. The van der Waals surface area contributed by atoms with Crippen LogP contribution in [0.15, 0.2) is 53.4 Å². The number of methoxy groups -OCH3 is 5. The molecular weight excluding hydrogens is 1180 g/mol. The summed E-state index contributed by atoms with van der Waals surface area (Å²) in [6.07, 6.45) is -1.47. The summed E-state index contributed by atoms with van der Waals surface area (Å²) in [5.74, 6) is -0.541. The van der Waals surface area contributed by atoms with Gasteiger partial charge in [-0.2, -0.15) is 32.8 Å². The van der Waals surface area contributed by atoms with E-state index in [0.717, 1.165) is 11.3 Å². The summed E-state index contributed by atoms with van der Waals surface area (Å²) in [5.41, 5.74) is 5.85. The van der Waals surface area contributed by atoms with Crippen molar-refractivity contribution in [3.63, 3.8) is 0 Å². The number of carboxylic acids is 3. The van der Waals surface area contributed by atoms with Crippen LogP contribution < -0.4 is 21.9 Å². The lowest BCUT2D eigenvalue weighted by atomic mass is 10.2. The van der Waals surface area contributed by atoms with E-state index in [1.165, 1.54) is 48.2 Å². The molecule has 0 saturated carbocycles. The third kappa shape index (κ3) is 55.8. The molecule has 34 heteroatoms. The number of nitro groups is 1. The molecule has 476 valence electrons. The Morgan fingerprint density at radius 3 is 1.54 bits per heavy atom. The molecule has 2 aromatic carbocycles. The van der Waals surface area contributed by atoms with Crippen LogP contribution in [-0.4, -0.2) is 248 Å². The zero-order valence-electron chi connectivity index (χ0n) is 47.2. The van der Waals surface area contributed by atoms with E-state index in [-0.39, 0.29) is 80.1 Å². The number of carbonyl (C=O) groups is 5. The number of aryl methyl sites for hydroxylation is 1. The molecule has 0 spiro atoms. The van der Waals surface area contributed by atoms with Crippen molar-refractivity contribution in [1.29, 1.82) is 0 Å². The predicted octanol–water partition coefficient (Wildman–Crippen LogP) is 3.67. The van der Waals surface area contributed by atoms with Gasteiger partial charge in [0, 0.05) is 70.7 Å². The lowest BCUT2D eigenvalue weighted by Crippen LogP contribution is -2.43. The van der Waals surface area contributed by atoms with Crippen LogP contribution in [0.3, 0.4) is 0 Å². The summed E-state index contributed by atoms with van der Waals surface area (Å²) in [5, 5.41) is 38.1. The second kappa shape index (κ2) is 59.4. The molecule has 0 saturated heterocycles. The number of alkyl carbamates (subject to hydrolysis) is 1. The smallest absolute Gasteiger partial charge is 0.481 e. The zero-order chi connectivity index (χ0) is 61.4. The second-order valence-corrected chi connectivity index (χ2v) is 19.1. The number of carbonyl (C=O) groups excluding carboxylic acids is 2. The van der Waals surface area contributed by atoms with Crippen molar-refractivity contribution in [2.24, 2.45) is 5.73 Å². The molecule has 9 N–H and O–H groups in total. The standard InChI is InChI=1S/C13H25NO8S.C12H15NO7.C12H18O5S.C8H16O4S.C3H7NO2S.H3N/c1-18-3-5-20-7-8-22-13(17)14-11(12(15)16)9-23-10-21-6-4-19-2;1-17-6-7-18-8-9-19-12(14)20-11-4-2-10(3-5-11)13(15)16;1-11-3-5-12(6-4-11)18(13,14)17-10-9-16-8-7-15-2;1-11-3-4-12-5-7-13-6-2-8(9)10;4-2(1-7)3(5)6;/h11H,3-10H2,1-2H3,(H,14,17)(H,15,16);2-5H,6-9H2,1H3;3-6H,7-10H2,1-2H3;2-7H2,1H3,(H,9,10);2,7H,1,4H2,(H,5,6);1H3. The normalized spacial score (nSPS) is 11.1. The minimum atomic E-state index is -3.68. The highest BCUT2D eigenvalue weighted by Crippen LogP contribution is 2.18. The fourth-order valence-electron chi connectivity index (χ4n) is 4.33. The molecule has 82 heavy (non-hydrogen) atoms. The van der Waals surface area contributed by atoms with E-state index in [1.807, 2.05) is 6.92 Å². The summed E-state index contributed by atoms with van der Waals surface area (Å²) in [7, 11) is 4.20. The number of nitrogens with two attached hydrogens (primary N) is 1. The van der Waals surface area contributed by atoms with Crippen molar-refractivity contribution >= 4 is 82.1 Å². The van der Waals surface area contributed by atoms with Crippen LogP contribution in [0.4, 0.5) is 15.3 Å². The molecule has 30 nitrogen and oxygen atoms in total. The summed E-state index contributed by atoms with van der Waals surface area (Å²) in [4.78, 5) is 63.7. The molecule has 1 amide bonds. The molecule has 0 radical (unpaired) electrons. The third-order valence-corrected chi connectivity index (χ3v) is 12.0. The number of thiol groups is 1. The van der Waals surface area contributed by atoms with Crippen LogP contribution in [0.2, 0.25) is 0 Å². The Morgan fingerprint density at radius 1 is 0.634 bits per heavy atom. The number of hydrogen-bond donors (Lipinski definition) is 7. The molecule has 2 aromatic rings. The van der Waals surface area contributed by atoms with Gasteiger partial charge in [-0.3, -0.25) is 23.9 Å². The van der Waals surface area contributed by atoms with Crippen molar-refractivity contribution in [3.05, 3.63) is 64.2 Å². The number of rotatable bonds is 42. The van der Waals surface area contributed by atoms with Gasteiger partial charge in [0.25, 0.3) is 15.8 Å². The first kappa shape index (κ1) is 83.7. The summed E-state index contributed by atoms with van der Waals surface area (Å²) < 4.78 is 92.3. The monoisotopic (exact) mass is 1260 g/mol. The number of nitrogens with one attached hydrogen (secondary N) is 1. The second-order valence-electron chi connectivity index (χ2n) is 14.9. The Morgan fingerprint density at radius 2 is 1.10 bits per heavy atom. The third-order valence-electron chi connectivity index (χ3n) is 8.48. The van der Waals surface area contributed by atoms with Gasteiger partial charge in [-0.25, -0.2) is 14.4 Å². The highest BCUT2D eigenvalue weighted by Gasteiger charge is 2.21. The van der Waals surface area contributed by atoms with Crippen LogP contribution in [-0.2, 0) is 85.5 Å². The highest BCUT2D eigenvalue weighted by atomic mass is 32.2.